The first-order valence-corrected chi connectivity index (χ1v) is 12.1. The molecule has 1 amide bonds. The first-order chi connectivity index (χ1) is 14.9. The highest BCUT2D eigenvalue weighted by atomic mass is 32.1. The van der Waals surface area contributed by atoms with Crippen molar-refractivity contribution >= 4 is 22.4 Å². The van der Waals surface area contributed by atoms with Crippen LogP contribution in [0, 0.1) is 5.41 Å². The second-order valence-corrected chi connectivity index (χ2v) is 10.7. The quantitative estimate of drug-likeness (QED) is 0.465. The summed E-state index contributed by atoms with van der Waals surface area (Å²) in [6.07, 6.45) is 7.04. The van der Waals surface area contributed by atoms with Gasteiger partial charge in [-0.15, -0.1) is 11.3 Å². The van der Waals surface area contributed by atoms with Gasteiger partial charge in [-0.05, 0) is 29.4 Å². The molecular weight excluding hydrogens is 400 g/mol. The molecule has 1 saturated carbocycles. The van der Waals surface area contributed by atoms with Gasteiger partial charge in [0.25, 0.3) is 0 Å². The molecule has 0 spiro atoms. The largest absolute Gasteiger partial charge is 0.301 e. The Bertz CT molecular complexity index is 959. The van der Waals surface area contributed by atoms with Crippen molar-refractivity contribution in [2.24, 2.45) is 5.41 Å². The third kappa shape index (κ3) is 4.59. The Balaban J connectivity index is 1.74. The Morgan fingerprint density at radius 3 is 1.97 bits per heavy atom. The summed E-state index contributed by atoms with van der Waals surface area (Å²) in [5, 5.41) is 3.94. The number of hydrogen-bond acceptors (Lipinski definition) is 3. The molecule has 0 unspecified atom stereocenters. The van der Waals surface area contributed by atoms with Gasteiger partial charge in [-0.2, -0.15) is 0 Å². The van der Waals surface area contributed by atoms with E-state index in [4.69, 9.17) is 0 Å². The highest BCUT2D eigenvalue weighted by Crippen LogP contribution is 2.51. The number of hydrogen-bond donors (Lipinski definition) is 1. The minimum atomic E-state index is -0.478. The van der Waals surface area contributed by atoms with Gasteiger partial charge in [0, 0.05) is 17.0 Å². The normalized spacial score (nSPS) is 16.3. The summed E-state index contributed by atoms with van der Waals surface area (Å²) in [7, 11) is 0. The van der Waals surface area contributed by atoms with Crippen LogP contribution in [0.3, 0.4) is 0 Å². The monoisotopic (exact) mass is 432 g/mol. The van der Waals surface area contributed by atoms with Crippen LogP contribution in [0.1, 0.15) is 74.8 Å². The topological polar surface area (TPSA) is 42.0 Å². The van der Waals surface area contributed by atoms with E-state index in [0.717, 1.165) is 25.7 Å². The first-order valence-electron chi connectivity index (χ1n) is 11.3. The van der Waals surface area contributed by atoms with Crippen LogP contribution in [-0.4, -0.2) is 10.9 Å². The van der Waals surface area contributed by atoms with E-state index >= 15 is 0 Å². The average Bonchev–Trinajstić information content (AvgIpc) is 3.25. The van der Waals surface area contributed by atoms with Crippen molar-refractivity contribution in [1.29, 1.82) is 0 Å². The van der Waals surface area contributed by atoms with Gasteiger partial charge in [0.2, 0.25) is 5.91 Å². The second kappa shape index (κ2) is 8.96. The van der Waals surface area contributed by atoms with Crippen LogP contribution in [0.5, 0.6) is 0 Å². The number of nitrogens with zero attached hydrogens (tertiary/aromatic N) is 1. The lowest BCUT2D eigenvalue weighted by Crippen LogP contribution is -2.43. The number of anilines is 1. The van der Waals surface area contributed by atoms with Crippen LogP contribution in [0.2, 0.25) is 0 Å². The van der Waals surface area contributed by atoms with Crippen LogP contribution >= 0.6 is 11.3 Å². The van der Waals surface area contributed by atoms with Gasteiger partial charge < -0.3 is 5.32 Å². The van der Waals surface area contributed by atoms with Gasteiger partial charge in [-0.1, -0.05) is 101 Å². The molecule has 0 radical (unpaired) electrons. The first kappa shape index (κ1) is 21.8. The summed E-state index contributed by atoms with van der Waals surface area (Å²) in [6, 6.07) is 21.1. The van der Waals surface area contributed by atoms with E-state index in [9.17, 15) is 4.79 Å². The van der Waals surface area contributed by atoms with E-state index in [0.29, 0.717) is 5.13 Å². The van der Waals surface area contributed by atoms with E-state index < -0.39 is 5.41 Å². The molecular formula is C27H32N2OS. The predicted octanol–water partition coefficient (Wildman–Crippen LogP) is 7.16. The number of benzene rings is 2. The van der Waals surface area contributed by atoms with Gasteiger partial charge in [0.15, 0.2) is 5.13 Å². The van der Waals surface area contributed by atoms with E-state index in [1.54, 1.807) is 11.3 Å². The molecule has 31 heavy (non-hydrogen) atoms. The minimum absolute atomic E-state index is 0.0252. The van der Waals surface area contributed by atoms with E-state index in [1.807, 2.05) is 18.3 Å². The van der Waals surface area contributed by atoms with Crippen molar-refractivity contribution in [3.8, 4) is 0 Å². The van der Waals surface area contributed by atoms with Crippen molar-refractivity contribution in [3.05, 3.63) is 82.9 Å². The smallest absolute Gasteiger partial charge is 0.233 e. The number of amides is 1. The molecule has 3 nitrogen and oxygen atoms in total. The molecule has 1 N–H and O–H groups in total. The summed E-state index contributed by atoms with van der Waals surface area (Å²) in [6.45, 7) is 6.53. The fourth-order valence-corrected chi connectivity index (χ4v) is 5.72. The van der Waals surface area contributed by atoms with Crippen molar-refractivity contribution in [2.45, 2.75) is 64.2 Å². The maximum atomic E-state index is 14.0. The third-order valence-electron chi connectivity index (χ3n) is 6.48. The fourth-order valence-electron chi connectivity index (χ4n) is 4.85. The maximum absolute atomic E-state index is 14.0. The Morgan fingerprint density at radius 2 is 1.48 bits per heavy atom. The van der Waals surface area contributed by atoms with E-state index in [-0.39, 0.29) is 17.2 Å². The molecule has 1 aliphatic rings. The van der Waals surface area contributed by atoms with Crippen molar-refractivity contribution in [1.82, 2.24) is 4.98 Å². The third-order valence-corrected chi connectivity index (χ3v) is 7.82. The molecule has 4 heteroatoms. The molecule has 2 aromatic carbocycles. The van der Waals surface area contributed by atoms with Crippen molar-refractivity contribution < 1.29 is 4.79 Å². The number of rotatable bonds is 5. The van der Waals surface area contributed by atoms with Gasteiger partial charge in [0.05, 0.1) is 5.41 Å². The summed E-state index contributed by atoms with van der Waals surface area (Å²) < 4.78 is 0. The Labute approximate surface area is 189 Å². The molecule has 1 heterocycles. The van der Waals surface area contributed by atoms with Crippen LogP contribution in [0.15, 0.2) is 66.9 Å². The Kier molecular flexibility index (Phi) is 6.29. The van der Waals surface area contributed by atoms with Crippen molar-refractivity contribution in [2.75, 3.05) is 5.32 Å². The summed E-state index contributed by atoms with van der Waals surface area (Å²) >= 11 is 1.59. The zero-order chi connectivity index (χ0) is 21.9. The minimum Gasteiger partial charge on any atom is -0.301 e. The molecule has 0 aliphatic heterocycles. The molecule has 3 aromatic rings. The molecule has 1 fully saturated rings. The molecule has 0 bridgehead atoms. The SMILES string of the molecule is CC(C)(C)c1cnc(NC(=O)C2(C(c3ccccc3)c3ccccc3)CCCCC2)s1. The zero-order valence-corrected chi connectivity index (χ0v) is 19.5. The lowest BCUT2D eigenvalue weighted by atomic mass is 9.61. The lowest BCUT2D eigenvalue weighted by Gasteiger charge is -2.42. The summed E-state index contributed by atoms with van der Waals surface area (Å²) in [4.78, 5) is 19.7. The summed E-state index contributed by atoms with van der Waals surface area (Å²) in [5.74, 6) is 0.136. The highest BCUT2D eigenvalue weighted by Gasteiger charge is 2.47. The van der Waals surface area contributed by atoms with Crippen molar-refractivity contribution in [3.63, 3.8) is 0 Å². The second-order valence-electron chi connectivity index (χ2n) is 9.70. The Morgan fingerprint density at radius 1 is 0.935 bits per heavy atom. The van der Waals surface area contributed by atoms with Gasteiger partial charge in [-0.3, -0.25) is 4.79 Å². The number of carbonyl (C=O) groups is 1. The highest BCUT2D eigenvalue weighted by molar-refractivity contribution is 7.15. The van der Waals surface area contributed by atoms with Crippen LogP contribution in [0.4, 0.5) is 5.13 Å². The molecule has 0 atom stereocenters. The number of nitrogens with one attached hydrogen (secondary N) is 1. The van der Waals surface area contributed by atoms with E-state index in [2.05, 4.69) is 79.6 Å². The van der Waals surface area contributed by atoms with Crippen LogP contribution in [0.25, 0.3) is 0 Å². The molecule has 162 valence electrons. The van der Waals surface area contributed by atoms with Crippen LogP contribution in [-0.2, 0) is 10.2 Å². The zero-order valence-electron chi connectivity index (χ0n) is 18.7. The molecule has 0 saturated heterocycles. The number of aromatic nitrogens is 1. The Hall–Kier alpha value is -2.46. The van der Waals surface area contributed by atoms with Gasteiger partial charge in [0.1, 0.15) is 0 Å². The fraction of sp³-hybridized carbons (Fsp3) is 0.407. The molecule has 1 aliphatic carbocycles. The standard InChI is InChI=1S/C27H32N2OS/c1-26(2,3)22-19-28-25(31-22)29-24(30)27(17-11-6-12-18-27)23(20-13-7-4-8-14-20)21-15-9-5-10-16-21/h4-5,7-10,13-16,19,23H,6,11-12,17-18H2,1-3H3,(H,28,29,30). The number of thiazole rings is 1. The van der Waals surface area contributed by atoms with E-state index in [1.165, 1.54) is 22.4 Å². The van der Waals surface area contributed by atoms with Gasteiger partial charge in [-0.25, -0.2) is 4.98 Å². The van der Waals surface area contributed by atoms with Gasteiger partial charge >= 0.3 is 0 Å². The lowest BCUT2D eigenvalue weighted by molar-refractivity contribution is -0.128. The molecule has 4 rings (SSSR count). The maximum Gasteiger partial charge on any atom is 0.233 e. The predicted molar refractivity (Wildman–Crippen MR) is 130 cm³/mol. The average molecular weight is 433 g/mol. The number of carbonyl (C=O) groups excluding carboxylic acids is 1. The molecule has 1 aromatic heterocycles. The summed E-state index contributed by atoms with van der Waals surface area (Å²) in [5.41, 5.74) is 1.97. The van der Waals surface area contributed by atoms with Crippen LogP contribution < -0.4 is 5.32 Å².